The van der Waals surface area contributed by atoms with Crippen molar-refractivity contribution < 1.29 is 22.7 Å². The Kier molecular flexibility index (Phi) is 6.21. The van der Waals surface area contributed by atoms with Gasteiger partial charge >= 0.3 is 0 Å². The van der Waals surface area contributed by atoms with E-state index in [1.54, 1.807) is 25.3 Å². The Balaban J connectivity index is 1.57. The fourth-order valence-electron chi connectivity index (χ4n) is 2.70. The van der Waals surface area contributed by atoms with Crippen molar-refractivity contribution in [3.05, 3.63) is 46.2 Å². The molecule has 0 bridgehead atoms. The van der Waals surface area contributed by atoms with Crippen molar-refractivity contribution in [2.75, 3.05) is 19.4 Å². The van der Waals surface area contributed by atoms with Crippen LogP contribution in [0, 0.1) is 0 Å². The van der Waals surface area contributed by atoms with E-state index in [1.165, 1.54) is 22.7 Å². The molecular weight excluding hydrogens is 420 g/mol. The van der Waals surface area contributed by atoms with Crippen molar-refractivity contribution in [3.63, 3.8) is 0 Å². The monoisotopic (exact) mass is 438 g/mol. The van der Waals surface area contributed by atoms with Crippen LogP contribution in [0.2, 0.25) is 0 Å². The molecule has 1 saturated heterocycles. The summed E-state index contributed by atoms with van der Waals surface area (Å²) in [6, 6.07) is 6.74. The number of hydrogen-bond donors (Lipinski definition) is 1. The molecule has 148 valence electrons. The molecule has 3 rings (SSSR count). The molecule has 1 atom stereocenters. The Morgan fingerprint density at radius 1 is 1.39 bits per heavy atom. The van der Waals surface area contributed by atoms with Gasteiger partial charge in [-0.3, -0.25) is 14.5 Å². The van der Waals surface area contributed by atoms with Gasteiger partial charge in [-0.15, -0.1) is 0 Å². The van der Waals surface area contributed by atoms with Crippen LogP contribution in [0.3, 0.4) is 0 Å². The molecule has 28 heavy (non-hydrogen) atoms. The minimum Gasteiger partial charge on any atom is -0.497 e. The summed E-state index contributed by atoms with van der Waals surface area (Å²) in [4.78, 5) is 26.5. The SMILES string of the molecule is COc1ccc(/C=C2/SC(=S)N(CCC(=O)N[C@H]3C=CS(=O)(=O)C3)C2=O)cc1. The van der Waals surface area contributed by atoms with Gasteiger partial charge in [-0.1, -0.05) is 36.1 Å². The number of sulfone groups is 1. The molecule has 10 heteroatoms. The van der Waals surface area contributed by atoms with Crippen molar-refractivity contribution in [3.8, 4) is 5.75 Å². The van der Waals surface area contributed by atoms with Crippen LogP contribution in [0.1, 0.15) is 12.0 Å². The Labute approximate surface area is 172 Å². The second-order valence-corrected chi connectivity index (χ2v) is 9.80. The van der Waals surface area contributed by atoms with E-state index in [-0.39, 0.29) is 30.5 Å². The number of hydrogen-bond acceptors (Lipinski definition) is 7. The van der Waals surface area contributed by atoms with Gasteiger partial charge in [0.25, 0.3) is 5.91 Å². The average Bonchev–Trinajstić information content (AvgIpc) is 3.12. The van der Waals surface area contributed by atoms with Gasteiger partial charge in [-0.25, -0.2) is 8.42 Å². The maximum Gasteiger partial charge on any atom is 0.266 e. The van der Waals surface area contributed by atoms with E-state index in [0.717, 1.165) is 16.7 Å². The minimum atomic E-state index is -3.23. The summed E-state index contributed by atoms with van der Waals surface area (Å²) in [6.07, 6.45) is 3.23. The molecule has 0 radical (unpaired) electrons. The third-order valence-corrected chi connectivity index (χ3v) is 6.90. The Hall–Kier alpha value is -2.17. The van der Waals surface area contributed by atoms with Gasteiger partial charge in [0, 0.05) is 18.4 Å². The lowest BCUT2D eigenvalue weighted by atomic mass is 10.2. The third-order valence-electron chi connectivity index (χ3n) is 4.13. The summed E-state index contributed by atoms with van der Waals surface area (Å²) in [7, 11) is -1.65. The molecule has 2 heterocycles. The first-order valence-electron chi connectivity index (χ1n) is 8.37. The van der Waals surface area contributed by atoms with Crippen molar-refractivity contribution in [1.29, 1.82) is 0 Å². The Morgan fingerprint density at radius 3 is 2.71 bits per heavy atom. The normalized spacial score (nSPS) is 22.1. The van der Waals surface area contributed by atoms with Crippen LogP contribution in [-0.2, 0) is 19.4 Å². The average molecular weight is 439 g/mol. The highest BCUT2D eigenvalue weighted by molar-refractivity contribution is 8.26. The summed E-state index contributed by atoms with van der Waals surface area (Å²) in [5, 5.41) is 3.73. The van der Waals surface area contributed by atoms with E-state index in [2.05, 4.69) is 5.32 Å². The highest BCUT2D eigenvalue weighted by atomic mass is 32.2. The topological polar surface area (TPSA) is 92.8 Å². The molecule has 2 aliphatic rings. The van der Waals surface area contributed by atoms with E-state index >= 15 is 0 Å². The van der Waals surface area contributed by atoms with Crippen LogP contribution in [-0.4, -0.2) is 54.9 Å². The summed E-state index contributed by atoms with van der Waals surface area (Å²) in [5.41, 5.74) is 0.841. The fraction of sp³-hybridized carbons (Fsp3) is 0.278. The van der Waals surface area contributed by atoms with E-state index in [1.807, 2.05) is 12.1 Å². The van der Waals surface area contributed by atoms with Gasteiger partial charge in [0.1, 0.15) is 10.1 Å². The number of methoxy groups -OCH3 is 1. The predicted molar refractivity (Wildman–Crippen MR) is 112 cm³/mol. The van der Waals surface area contributed by atoms with Crippen molar-refractivity contribution in [2.45, 2.75) is 12.5 Å². The van der Waals surface area contributed by atoms with Gasteiger partial charge in [-0.2, -0.15) is 0 Å². The zero-order chi connectivity index (χ0) is 20.3. The van der Waals surface area contributed by atoms with Crippen molar-refractivity contribution >= 4 is 56.0 Å². The van der Waals surface area contributed by atoms with Gasteiger partial charge in [-0.05, 0) is 29.8 Å². The Bertz CT molecular complexity index is 967. The van der Waals surface area contributed by atoms with E-state index in [0.29, 0.717) is 9.23 Å². The summed E-state index contributed by atoms with van der Waals surface area (Å²) >= 11 is 6.45. The standard InChI is InChI=1S/C18H18N2O5S3/c1-25-14-4-2-12(3-5-14)10-15-17(22)20(18(26)27-15)8-6-16(21)19-13-7-9-28(23,24)11-13/h2-5,7,9-10,13H,6,8,11H2,1H3,(H,19,21)/b15-10+/t13-/m0/s1. The third kappa shape index (κ3) is 5.00. The van der Waals surface area contributed by atoms with E-state index < -0.39 is 15.9 Å². The van der Waals surface area contributed by atoms with Gasteiger partial charge in [0.05, 0.1) is 23.8 Å². The van der Waals surface area contributed by atoms with Crippen molar-refractivity contribution in [1.82, 2.24) is 10.2 Å². The molecule has 1 aromatic rings. The number of thioether (sulfide) groups is 1. The number of nitrogens with zero attached hydrogens (tertiary/aromatic N) is 1. The maximum absolute atomic E-state index is 12.6. The van der Waals surface area contributed by atoms with Crippen LogP contribution in [0.25, 0.3) is 6.08 Å². The van der Waals surface area contributed by atoms with Crippen molar-refractivity contribution in [2.24, 2.45) is 0 Å². The van der Waals surface area contributed by atoms with E-state index in [4.69, 9.17) is 17.0 Å². The molecule has 0 aromatic heterocycles. The van der Waals surface area contributed by atoms with Crippen LogP contribution in [0.4, 0.5) is 0 Å². The second kappa shape index (κ2) is 8.46. The maximum atomic E-state index is 12.6. The van der Waals surface area contributed by atoms with Gasteiger partial charge < -0.3 is 10.1 Å². The first-order chi connectivity index (χ1) is 13.3. The molecule has 0 saturated carbocycles. The molecule has 1 fully saturated rings. The quantitative estimate of drug-likeness (QED) is 0.534. The zero-order valence-electron chi connectivity index (χ0n) is 15.0. The molecule has 0 aliphatic carbocycles. The number of thiocarbonyl (C=S) groups is 1. The number of carbonyl (C=O) groups excluding carboxylic acids is 2. The molecular formula is C18H18N2O5S3. The smallest absolute Gasteiger partial charge is 0.266 e. The molecule has 0 unspecified atom stereocenters. The zero-order valence-corrected chi connectivity index (χ0v) is 17.4. The Morgan fingerprint density at radius 2 is 2.11 bits per heavy atom. The van der Waals surface area contributed by atoms with Gasteiger partial charge in [0.2, 0.25) is 5.91 Å². The second-order valence-electron chi connectivity index (χ2n) is 6.19. The number of amides is 2. The predicted octanol–water partition coefficient (Wildman–Crippen LogP) is 1.71. The molecule has 0 spiro atoms. The number of nitrogens with one attached hydrogen (secondary N) is 1. The minimum absolute atomic E-state index is 0.0344. The number of rotatable bonds is 6. The molecule has 7 nitrogen and oxygen atoms in total. The lowest BCUT2D eigenvalue weighted by molar-refractivity contribution is -0.124. The summed E-state index contributed by atoms with van der Waals surface area (Å²) < 4.78 is 28.2. The molecule has 1 aromatic carbocycles. The van der Waals surface area contributed by atoms with Crippen LogP contribution >= 0.6 is 24.0 Å². The first-order valence-corrected chi connectivity index (χ1v) is 11.3. The van der Waals surface area contributed by atoms with Gasteiger partial charge in [0.15, 0.2) is 9.84 Å². The van der Waals surface area contributed by atoms with E-state index in [9.17, 15) is 18.0 Å². The molecule has 1 N–H and O–H groups in total. The molecule has 2 aliphatic heterocycles. The summed E-state index contributed by atoms with van der Waals surface area (Å²) in [6.45, 7) is 0.139. The number of benzene rings is 1. The lowest BCUT2D eigenvalue weighted by Crippen LogP contribution is -2.38. The summed E-state index contributed by atoms with van der Waals surface area (Å²) in [5.74, 6) is 0.00669. The lowest BCUT2D eigenvalue weighted by Gasteiger charge is -2.15. The highest BCUT2D eigenvalue weighted by Crippen LogP contribution is 2.32. The fourth-order valence-corrected chi connectivity index (χ4v) is 5.25. The largest absolute Gasteiger partial charge is 0.497 e. The number of ether oxygens (including phenoxy) is 1. The van der Waals surface area contributed by atoms with Crippen LogP contribution in [0.15, 0.2) is 40.7 Å². The first kappa shape index (κ1) is 20.6. The van der Waals surface area contributed by atoms with Crippen LogP contribution < -0.4 is 10.1 Å². The van der Waals surface area contributed by atoms with Crippen LogP contribution in [0.5, 0.6) is 5.75 Å². The molecule has 2 amide bonds. The number of carbonyl (C=O) groups is 2. The highest BCUT2D eigenvalue weighted by Gasteiger charge is 2.32.